The Bertz CT molecular complexity index is 328. The summed E-state index contributed by atoms with van der Waals surface area (Å²) in [6.45, 7) is 3.30. The third-order valence-electron chi connectivity index (χ3n) is 1.88. The Kier molecular flexibility index (Phi) is 2.89. The molecule has 0 saturated carbocycles. The fraction of sp³-hybridized carbons (Fsp3) is 0.333. The fourth-order valence-corrected chi connectivity index (χ4v) is 1.60. The summed E-state index contributed by atoms with van der Waals surface area (Å²) in [5.41, 5.74) is 0.654. The number of hydrogen-bond donors (Lipinski definition) is 0. The highest BCUT2D eigenvalue weighted by Gasteiger charge is 2.32. The number of alkyl halides is 3. The highest BCUT2D eigenvalue weighted by molar-refractivity contribution is 14.1. The van der Waals surface area contributed by atoms with Crippen LogP contribution in [0.1, 0.15) is 16.7 Å². The molecular formula is C9H8F3I. The Morgan fingerprint density at radius 3 is 2.15 bits per heavy atom. The van der Waals surface area contributed by atoms with Crippen LogP contribution in [0.4, 0.5) is 13.2 Å². The van der Waals surface area contributed by atoms with Crippen LogP contribution in [0, 0.1) is 17.4 Å². The fourth-order valence-electron chi connectivity index (χ4n) is 1.13. The van der Waals surface area contributed by atoms with Crippen LogP contribution in [0.25, 0.3) is 0 Å². The Labute approximate surface area is 88.3 Å². The Hall–Kier alpha value is -0.260. The summed E-state index contributed by atoms with van der Waals surface area (Å²) in [5, 5.41) is 0. The van der Waals surface area contributed by atoms with Gasteiger partial charge in [-0.25, -0.2) is 0 Å². The summed E-state index contributed by atoms with van der Waals surface area (Å²) in [6.07, 6.45) is -4.24. The van der Waals surface area contributed by atoms with Gasteiger partial charge in [0, 0.05) is 3.57 Å². The molecule has 72 valence electrons. The van der Waals surface area contributed by atoms with Crippen molar-refractivity contribution < 1.29 is 13.2 Å². The van der Waals surface area contributed by atoms with Crippen LogP contribution in [0.2, 0.25) is 0 Å². The molecule has 0 nitrogen and oxygen atoms in total. The van der Waals surface area contributed by atoms with Gasteiger partial charge in [-0.1, -0.05) is 6.07 Å². The summed E-state index contributed by atoms with van der Waals surface area (Å²) in [7, 11) is 0. The van der Waals surface area contributed by atoms with Crippen LogP contribution >= 0.6 is 22.6 Å². The molecule has 0 bridgehead atoms. The molecule has 0 aliphatic carbocycles. The molecule has 0 unspecified atom stereocenters. The van der Waals surface area contributed by atoms with Crippen molar-refractivity contribution in [2.45, 2.75) is 20.0 Å². The first-order valence-electron chi connectivity index (χ1n) is 3.67. The number of rotatable bonds is 0. The zero-order chi connectivity index (χ0) is 10.2. The molecule has 0 radical (unpaired) electrons. The van der Waals surface area contributed by atoms with E-state index in [1.165, 1.54) is 13.0 Å². The lowest BCUT2D eigenvalue weighted by Gasteiger charge is -2.12. The van der Waals surface area contributed by atoms with Crippen LogP contribution in [0.3, 0.4) is 0 Å². The van der Waals surface area contributed by atoms with Crippen molar-refractivity contribution >= 4 is 22.6 Å². The van der Waals surface area contributed by atoms with E-state index < -0.39 is 11.7 Å². The lowest BCUT2D eigenvalue weighted by molar-refractivity contribution is -0.138. The molecule has 0 aliphatic heterocycles. The zero-order valence-electron chi connectivity index (χ0n) is 7.17. The SMILES string of the molecule is Cc1ccc(C(F)(F)F)c(C)c1I. The maximum absolute atomic E-state index is 12.4. The second kappa shape index (κ2) is 3.48. The molecule has 1 aromatic rings. The molecule has 0 spiro atoms. The van der Waals surface area contributed by atoms with Gasteiger partial charge in [0.25, 0.3) is 0 Å². The van der Waals surface area contributed by atoms with E-state index in [2.05, 4.69) is 0 Å². The molecule has 0 aliphatic rings. The summed E-state index contributed by atoms with van der Waals surface area (Å²) < 4.78 is 37.8. The zero-order valence-corrected chi connectivity index (χ0v) is 9.32. The predicted octanol–water partition coefficient (Wildman–Crippen LogP) is 3.93. The van der Waals surface area contributed by atoms with E-state index in [0.29, 0.717) is 9.13 Å². The second-order valence-electron chi connectivity index (χ2n) is 2.87. The topological polar surface area (TPSA) is 0 Å². The van der Waals surface area contributed by atoms with E-state index in [4.69, 9.17) is 0 Å². The third kappa shape index (κ3) is 2.15. The summed E-state index contributed by atoms with van der Waals surface area (Å²) in [6, 6.07) is 2.63. The first-order valence-corrected chi connectivity index (χ1v) is 4.75. The van der Waals surface area contributed by atoms with Gasteiger partial charge in [-0.15, -0.1) is 0 Å². The van der Waals surface area contributed by atoms with Crippen LogP contribution < -0.4 is 0 Å². The smallest absolute Gasteiger partial charge is 0.166 e. The summed E-state index contributed by atoms with van der Waals surface area (Å²) in [4.78, 5) is 0. The molecule has 1 aromatic carbocycles. The lowest BCUT2D eigenvalue weighted by atomic mass is 10.1. The van der Waals surface area contributed by atoms with Crippen LogP contribution in [-0.2, 0) is 6.18 Å². The van der Waals surface area contributed by atoms with Crippen molar-refractivity contribution in [3.8, 4) is 0 Å². The summed E-state index contributed by atoms with van der Waals surface area (Å²) in [5.74, 6) is 0. The van der Waals surface area contributed by atoms with Crippen LogP contribution in [-0.4, -0.2) is 0 Å². The van der Waals surface area contributed by atoms with Gasteiger partial charge in [0.2, 0.25) is 0 Å². The largest absolute Gasteiger partial charge is 0.416 e. The van der Waals surface area contributed by atoms with Crippen molar-refractivity contribution in [1.29, 1.82) is 0 Å². The molecule has 0 fully saturated rings. The minimum Gasteiger partial charge on any atom is -0.166 e. The molecule has 0 amide bonds. The van der Waals surface area contributed by atoms with Crippen LogP contribution in [0.15, 0.2) is 12.1 Å². The maximum Gasteiger partial charge on any atom is 0.416 e. The Morgan fingerprint density at radius 1 is 1.15 bits per heavy atom. The van der Waals surface area contributed by atoms with Crippen molar-refractivity contribution in [2.75, 3.05) is 0 Å². The standard InChI is InChI=1S/C9H8F3I/c1-5-3-4-7(9(10,11)12)6(2)8(5)13/h3-4H,1-2H3. The highest BCUT2D eigenvalue weighted by Crippen LogP contribution is 2.34. The van der Waals surface area contributed by atoms with Gasteiger partial charge in [-0.3, -0.25) is 0 Å². The second-order valence-corrected chi connectivity index (χ2v) is 3.95. The minimum absolute atomic E-state index is 0.313. The van der Waals surface area contributed by atoms with Gasteiger partial charge in [0.1, 0.15) is 0 Å². The molecular weight excluding hydrogens is 292 g/mol. The van der Waals surface area contributed by atoms with Crippen molar-refractivity contribution in [1.82, 2.24) is 0 Å². The van der Waals surface area contributed by atoms with Gasteiger partial charge in [-0.2, -0.15) is 13.2 Å². The van der Waals surface area contributed by atoms with Crippen LogP contribution in [0.5, 0.6) is 0 Å². The van der Waals surface area contributed by atoms with E-state index in [0.717, 1.165) is 11.6 Å². The average molecular weight is 300 g/mol. The van der Waals surface area contributed by atoms with Crippen molar-refractivity contribution in [3.05, 3.63) is 32.4 Å². The predicted molar refractivity (Wildman–Crippen MR) is 53.6 cm³/mol. The van der Waals surface area contributed by atoms with Crippen molar-refractivity contribution in [3.63, 3.8) is 0 Å². The number of hydrogen-bond acceptors (Lipinski definition) is 0. The van der Waals surface area contributed by atoms with Gasteiger partial charge >= 0.3 is 6.18 Å². The molecule has 4 heteroatoms. The quantitative estimate of drug-likeness (QED) is 0.637. The Balaban J connectivity index is 3.35. The first-order chi connectivity index (χ1) is 5.84. The first kappa shape index (κ1) is 10.8. The Morgan fingerprint density at radius 2 is 1.69 bits per heavy atom. The highest BCUT2D eigenvalue weighted by atomic mass is 127. The van der Waals surface area contributed by atoms with E-state index in [-0.39, 0.29) is 0 Å². The molecule has 13 heavy (non-hydrogen) atoms. The molecule has 0 heterocycles. The number of aryl methyl sites for hydroxylation is 1. The molecule has 0 N–H and O–H groups in total. The summed E-state index contributed by atoms with van der Waals surface area (Å²) >= 11 is 1.93. The average Bonchev–Trinajstić information content (AvgIpc) is 1.98. The number of benzene rings is 1. The maximum atomic E-state index is 12.4. The van der Waals surface area contributed by atoms with Gasteiger partial charge in [-0.05, 0) is 53.6 Å². The minimum atomic E-state index is -4.24. The van der Waals surface area contributed by atoms with Gasteiger partial charge in [0.15, 0.2) is 0 Å². The van der Waals surface area contributed by atoms with Gasteiger partial charge in [0.05, 0.1) is 5.56 Å². The number of halogens is 4. The van der Waals surface area contributed by atoms with E-state index in [1.54, 1.807) is 6.92 Å². The van der Waals surface area contributed by atoms with E-state index >= 15 is 0 Å². The molecule has 0 aromatic heterocycles. The van der Waals surface area contributed by atoms with Crippen molar-refractivity contribution in [2.24, 2.45) is 0 Å². The van der Waals surface area contributed by atoms with Gasteiger partial charge < -0.3 is 0 Å². The molecule has 1 rings (SSSR count). The molecule has 0 atom stereocenters. The normalized spacial score (nSPS) is 11.8. The van der Waals surface area contributed by atoms with E-state index in [9.17, 15) is 13.2 Å². The molecule has 0 saturated heterocycles. The monoisotopic (exact) mass is 300 g/mol. The lowest BCUT2D eigenvalue weighted by Crippen LogP contribution is -2.08. The third-order valence-corrected chi connectivity index (χ3v) is 3.54. The van der Waals surface area contributed by atoms with E-state index in [1.807, 2.05) is 22.6 Å².